The van der Waals surface area contributed by atoms with Gasteiger partial charge >= 0.3 is 0 Å². The summed E-state index contributed by atoms with van der Waals surface area (Å²) in [6, 6.07) is 12.1. The Balaban J connectivity index is 2.09. The van der Waals surface area contributed by atoms with Crippen LogP contribution in [-0.4, -0.2) is 34.6 Å². The Hall–Kier alpha value is -1.40. The summed E-state index contributed by atoms with van der Waals surface area (Å²) in [5.74, 6) is 0.505. The van der Waals surface area contributed by atoms with Gasteiger partial charge in [0.05, 0.1) is 15.8 Å². The maximum atomic E-state index is 13.0. The molecule has 162 valence electrons. The van der Waals surface area contributed by atoms with Crippen LogP contribution < -0.4 is 5.32 Å². The Morgan fingerprint density at radius 2 is 1.70 bits per heavy atom. The Morgan fingerprint density at radius 1 is 1.00 bits per heavy atom. The van der Waals surface area contributed by atoms with E-state index in [1.807, 2.05) is 38.1 Å². The molecule has 8 heteroatoms. The number of hydrogen-bond acceptors (Lipinski definition) is 3. The minimum atomic E-state index is -0.623. The lowest BCUT2D eigenvalue weighted by atomic mass is 10.1. The SMILES string of the molecule is CC(C)NC(=O)C(C)N(Cc1ccccc1Cl)C(=O)CSCc1ccc(Cl)c(Cl)c1. The number of carbonyl (C=O) groups is 2. The summed E-state index contributed by atoms with van der Waals surface area (Å²) < 4.78 is 0. The molecule has 1 N–H and O–H groups in total. The average molecular weight is 488 g/mol. The van der Waals surface area contributed by atoms with E-state index >= 15 is 0 Å². The molecule has 2 amide bonds. The van der Waals surface area contributed by atoms with Gasteiger partial charge in [-0.1, -0.05) is 59.1 Å². The largest absolute Gasteiger partial charge is 0.352 e. The predicted octanol–water partition coefficient (Wildman–Crippen LogP) is 5.82. The summed E-state index contributed by atoms with van der Waals surface area (Å²) in [6.07, 6.45) is 0. The Labute approximate surface area is 197 Å². The highest BCUT2D eigenvalue weighted by Crippen LogP contribution is 2.25. The molecule has 4 nitrogen and oxygen atoms in total. The van der Waals surface area contributed by atoms with Gasteiger partial charge in [-0.15, -0.1) is 11.8 Å². The van der Waals surface area contributed by atoms with Crippen molar-refractivity contribution in [2.45, 2.75) is 45.2 Å². The first-order chi connectivity index (χ1) is 14.2. The Morgan fingerprint density at radius 3 is 2.33 bits per heavy atom. The Kier molecular flexibility index (Phi) is 9.82. The fourth-order valence-electron chi connectivity index (χ4n) is 2.77. The van der Waals surface area contributed by atoms with E-state index in [4.69, 9.17) is 34.8 Å². The number of benzene rings is 2. The molecule has 0 radical (unpaired) electrons. The zero-order valence-corrected chi connectivity index (χ0v) is 20.2. The quantitative estimate of drug-likeness (QED) is 0.485. The molecule has 1 unspecified atom stereocenters. The fraction of sp³-hybridized carbons (Fsp3) is 0.364. The molecular formula is C22H25Cl3N2O2S. The standard InChI is InChI=1S/C22H25Cl3N2O2S/c1-14(2)26-22(29)15(3)27(11-17-6-4-5-7-18(17)23)21(28)13-30-12-16-8-9-19(24)20(25)10-16/h4-10,14-15H,11-13H2,1-3H3,(H,26,29). The molecule has 0 saturated heterocycles. The first-order valence-corrected chi connectivity index (χ1v) is 11.8. The highest BCUT2D eigenvalue weighted by atomic mass is 35.5. The van der Waals surface area contributed by atoms with Crippen LogP contribution in [0.1, 0.15) is 31.9 Å². The highest BCUT2D eigenvalue weighted by Gasteiger charge is 2.26. The molecule has 1 atom stereocenters. The maximum Gasteiger partial charge on any atom is 0.242 e. The van der Waals surface area contributed by atoms with E-state index in [0.717, 1.165) is 11.1 Å². The fourth-order valence-corrected chi connectivity index (χ4v) is 4.14. The molecule has 0 heterocycles. The van der Waals surface area contributed by atoms with Gasteiger partial charge in [-0.2, -0.15) is 0 Å². The monoisotopic (exact) mass is 486 g/mol. The normalized spacial score (nSPS) is 12.0. The van der Waals surface area contributed by atoms with Gasteiger partial charge in [-0.05, 0) is 50.1 Å². The number of amides is 2. The number of thioether (sulfide) groups is 1. The van der Waals surface area contributed by atoms with Crippen LogP contribution in [0.4, 0.5) is 0 Å². The van der Waals surface area contributed by atoms with Crippen molar-refractivity contribution in [3.63, 3.8) is 0 Å². The molecule has 0 aliphatic carbocycles. The van der Waals surface area contributed by atoms with E-state index in [1.54, 1.807) is 30.0 Å². The van der Waals surface area contributed by atoms with E-state index in [-0.39, 0.29) is 30.2 Å². The van der Waals surface area contributed by atoms with Crippen LogP contribution in [0.3, 0.4) is 0 Å². The molecule has 0 fully saturated rings. The third-order valence-electron chi connectivity index (χ3n) is 4.38. The molecule has 30 heavy (non-hydrogen) atoms. The second kappa shape index (κ2) is 11.8. The number of hydrogen-bond donors (Lipinski definition) is 1. The van der Waals surface area contributed by atoms with Crippen molar-refractivity contribution in [2.75, 3.05) is 5.75 Å². The molecule has 0 aliphatic heterocycles. The van der Waals surface area contributed by atoms with Crippen LogP contribution in [0, 0.1) is 0 Å². The van der Waals surface area contributed by atoms with E-state index in [2.05, 4.69) is 5.32 Å². The molecule has 2 aromatic rings. The smallest absolute Gasteiger partial charge is 0.242 e. The second-order valence-corrected chi connectivity index (χ2v) is 9.40. The number of carbonyl (C=O) groups excluding carboxylic acids is 2. The van der Waals surface area contributed by atoms with Crippen molar-refractivity contribution in [1.82, 2.24) is 10.2 Å². The van der Waals surface area contributed by atoms with Crippen LogP contribution >= 0.6 is 46.6 Å². The molecule has 2 rings (SSSR count). The molecule has 0 aromatic heterocycles. The van der Waals surface area contributed by atoms with Crippen molar-refractivity contribution in [3.05, 3.63) is 68.7 Å². The summed E-state index contributed by atoms with van der Waals surface area (Å²) in [6.45, 7) is 5.77. The topological polar surface area (TPSA) is 49.4 Å². The third kappa shape index (κ3) is 7.38. The van der Waals surface area contributed by atoms with Gasteiger partial charge in [-0.25, -0.2) is 0 Å². The van der Waals surface area contributed by atoms with Gasteiger partial charge < -0.3 is 10.2 Å². The van der Waals surface area contributed by atoms with Crippen molar-refractivity contribution >= 4 is 58.4 Å². The Bertz CT molecular complexity index is 892. The lowest BCUT2D eigenvalue weighted by Crippen LogP contribution is -2.49. The summed E-state index contributed by atoms with van der Waals surface area (Å²) in [7, 11) is 0. The van der Waals surface area contributed by atoms with E-state index < -0.39 is 6.04 Å². The van der Waals surface area contributed by atoms with E-state index in [9.17, 15) is 9.59 Å². The van der Waals surface area contributed by atoms with Crippen molar-refractivity contribution in [1.29, 1.82) is 0 Å². The predicted molar refractivity (Wildman–Crippen MR) is 127 cm³/mol. The van der Waals surface area contributed by atoms with E-state index in [0.29, 0.717) is 20.8 Å². The van der Waals surface area contributed by atoms with Gasteiger partial charge in [0.2, 0.25) is 11.8 Å². The van der Waals surface area contributed by atoms with Gasteiger partial charge in [0, 0.05) is 23.4 Å². The molecular weight excluding hydrogens is 463 g/mol. The van der Waals surface area contributed by atoms with Crippen LogP contribution in [-0.2, 0) is 21.9 Å². The molecule has 0 saturated carbocycles. The first kappa shape index (κ1) is 24.9. The molecule has 0 spiro atoms. The minimum Gasteiger partial charge on any atom is -0.352 e. The van der Waals surface area contributed by atoms with Crippen molar-refractivity contribution in [2.24, 2.45) is 0 Å². The summed E-state index contributed by atoms with van der Waals surface area (Å²) >= 11 is 19.7. The van der Waals surface area contributed by atoms with Crippen LogP contribution in [0.25, 0.3) is 0 Å². The van der Waals surface area contributed by atoms with Gasteiger partial charge in [0.15, 0.2) is 0 Å². The lowest BCUT2D eigenvalue weighted by Gasteiger charge is -2.29. The van der Waals surface area contributed by atoms with E-state index in [1.165, 1.54) is 11.8 Å². The second-order valence-electron chi connectivity index (χ2n) is 7.19. The highest BCUT2D eigenvalue weighted by molar-refractivity contribution is 7.99. The molecule has 0 bridgehead atoms. The molecule has 2 aromatic carbocycles. The number of rotatable bonds is 9. The summed E-state index contributed by atoms with van der Waals surface area (Å²) in [5.41, 5.74) is 1.77. The van der Waals surface area contributed by atoms with Crippen molar-refractivity contribution in [3.8, 4) is 0 Å². The average Bonchev–Trinajstić information content (AvgIpc) is 2.69. The van der Waals surface area contributed by atoms with Crippen LogP contribution in [0.2, 0.25) is 15.1 Å². The van der Waals surface area contributed by atoms with Crippen molar-refractivity contribution < 1.29 is 9.59 Å². The number of nitrogens with one attached hydrogen (secondary N) is 1. The summed E-state index contributed by atoms with van der Waals surface area (Å²) in [4.78, 5) is 27.2. The van der Waals surface area contributed by atoms with Gasteiger partial charge in [-0.3, -0.25) is 9.59 Å². The van der Waals surface area contributed by atoms with Gasteiger partial charge in [0.25, 0.3) is 0 Å². The third-order valence-corrected chi connectivity index (χ3v) is 6.47. The summed E-state index contributed by atoms with van der Waals surface area (Å²) in [5, 5.41) is 4.42. The zero-order chi connectivity index (χ0) is 22.3. The number of halogens is 3. The maximum absolute atomic E-state index is 13.0. The number of nitrogens with zero attached hydrogens (tertiary/aromatic N) is 1. The first-order valence-electron chi connectivity index (χ1n) is 9.54. The zero-order valence-electron chi connectivity index (χ0n) is 17.1. The van der Waals surface area contributed by atoms with Gasteiger partial charge in [0.1, 0.15) is 6.04 Å². The van der Waals surface area contributed by atoms with Crippen LogP contribution in [0.15, 0.2) is 42.5 Å². The minimum absolute atomic E-state index is 0.0127. The van der Waals surface area contributed by atoms with Crippen LogP contribution in [0.5, 0.6) is 0 Å². The lowest BCUT2D eigenvalue weighted by molar-refractivity contribution is -0.138. The molecule has 0 aliphatic rings.